The number of benzene rings is 1. The number of aromatic nitrogens is 2. The Kier molecular flexibility index (Phi) is 3.94. The minimum atomic E-state index is -0.208. The molecule has 0 fully saturated rings. The van der Waals surface area contributed by atoms with Gasteiger partial charge in [-0.1, -0.05) is 6.92 Å². The molecule has 0 radical (unpaired) electrons. The van der Waals surface area contributed by atoms with Crippen LogP contribution >= 0.6 is 0 Å². The maximum absolute atomic E-state index is 13.2. The van der Waals surface area contributed by atoms with Crippen molar-refractivity contribution in [1.29, 1.82) is 0 Å². The topological polar surface area (TPSA) is 49.8 Å². The molecule has 0 aliphatic rings. The Hall–Kier alpha value is -2.17. The van der Waals surface area contributed by atoms with E-state index in [4.69, 9.17) is 0 Å². The first kappa shape index (κ1) is 13.3. The molecule has 0 unspecified atom stereocenters. The first-order valence-electron chi connectivity index (χ1n) is 6.20. The van der Waals surface area contributed by atoms with Crippen molar-refractivity contribution < 1.29 is 4.39 Å². The molecule has 1 heterocycles. The predicted molar refractivity (Wildman–Crippen MR) is 75.4 cm³/mol. The van der Waals surface area contributed by atoms with Gasteiger partial charge in [0, 0.05) is 18.3 Å². The molecular formula is C14H17FN4. The fourth-order valence-corrected chi connectivity index (χ4v) is 1.93. The SMILES string of the molecule is CCc1c(NC)ncnc1Nc1ccc(F)c(C)c1. The van der Waals surface area contributed by atoms with Crippen LogP contribution in [0.2, 0.25) is 0 Å². The van der Waals surface area contributed by atoms with Crippen molar-refractivity contribution in [3.8, 4) is 0 Å². The third-order valence-corrected chi connectivity index (χ3v) is 2.96. The van der Waals surface area contributed by atoms with Gasteiger partial charge in [-0.05, 0) is 37.1 Å². The molecule has 0 atom stereocenters. The van der Waals surface area contributed by atoms with Gasteiger partial charge in [-0.25, -0.2) is 14.4 Å². The molecule has 0 aliphatic carbocycles. The average molecular weight is 260 g/mol. The summed E-state index contributed by atoms with van der Waals surface area (Å²) in [5.41, 5.74) is 2.42. The van der Waals surface area contributed by atoms with E-state index in [9.17, 15) is 4.39 Å². The van der Waals surface area contributed by atoms with Crippen molar-refractivity contribution >= 4 is 17.3 Å². The number of anilines is 3. The molecule has 19 heavy (non-hydrogen) atoms. The fraction of sp³-hybridized carbons (Fsp3) is 0.286. The summed E-state index contributed by atoms with van der Waals surface area (Å²) in [6, 6.07) is 4.91. The van der Waals surface area contributed by atoms with E-state index in [1.807, 2.05) is 14.0 Å². The zero-order valence-electron chi connectivity index (χ0n) is 11.3. The standard InChI is InChI=1S/C14H17FN4/c1-4-11-13(16-3)17-8-18-14(11)19-10-5-6-12(15)9(2)7-10/h5-8H,4H2,1-3H3,(H2,16,17,18,19). The summed E-state index contributed by atoms with van der Waals surface area (Å²) in [5, 5.41) is 6.25. The van der Waals surface area contributed by atoms with E-state index in [0.717, 1.165) is 29.3 Å². The Morgan fingerprint density at radius 3 is 2.58 bits per heavy atom. The number of nitrogens with zero attached hydrogens (tertiary/aromatic N) is 2. The van der Waals surface area contributed by atoms with E-state index < -0.39 is 0 Å². The Bertz CT molecular complexity index is 584. The van der Waals surface area contributed by atoms with Crippen LogP contribution in [0.3, 0.4) is 0 Å². The Morgan fingerprint density at radius 2 is 1.95 bits per heavy atom. The monoisotopic (exact) mass is 260 g/mol. The molecule has 1 aromatic carbocycles. The summed E-state index contributed by atoms with van der Waals surface area (Å²) >= 11 is 0. The Morgan fingerprint density at radius 1 is 1.21 bits per heavy atom. The number of halogens is 1. The van der Waals surface area contributed by atoms with E-state index in [1.54, 1.807) is 19.1 Å². The highest BCUT2D eigenvalue weighted by molar-refractivity contribution is 5.65. The minimum Gasteiger partial charge on any atom is -0.373 e. The van der Waals surface area contributed by atoms with E-state index >= 15 is 0 Å². The smallest absolute Gasteiger partial charge is 0.139 e. The Balaban J connectivity index is 2.35. The van der Waals surface area contributed by atoms with E-state index in [-0.39, 0.29) is 5.82 Å². The van der Waals surface area contributed by atoms with Crippen LogP contribution in [0.1, 0.15) is 18.1 Å². The van der Waals surface area contributed by atoms with Crippen LogP contribution in [0.5, 0.6) is 0 Å². The summed E-state index contributed by atoms with van der Waals surface area (Å²) < 4.78 is 13.2. The lowest BCUT2D eigenvalue weighted by Crippen LogP contribution is -2.05. The highest BCUT2D eigenvalue weighted by Gasteiger charge is 2.09. The first-order chi connectivity index (χ1) is 9.15. The molecule has 0 spiro atoms. The summed E-state index contributed by atoms with van der Waals surface area (Å²) in [5.74, 6) is 1.34. The molecule has 5 heteroatoms. The molecule has 1 aromatic heterocycles. The largest absolute Gasteiger partial charge is 0.373 e. The third-order valence-electron chi connectivity index (χ3n) is 2.96. The zero-order chi connectivity index (χ0) is 13.8. The molecule has 4 nitrogen and oxygen atoms in total. The number of rotatable bonds is 4. The van der Waals surface area contributed by atoms with Crippen molar-refractivity contribution in [2.75, 3.05) is 17.7 Å². The molecule has 0 saturated heterocycles. The number of aryl methyl sites for hydroxylation is 1. The Labute approximate surface area is 112 Å². The van der Waals surface area contributed by atoms with Gasteiger partial charge in [0.2, 0.25) is 0 Å². The second kappa shape index (κ2) is 5.65. The highest BCUT2D eigenvalue weighted by atomic mass is 19.1. The number of hydrogen-bond donors (Lipinski definition) is 2. The van der Waals surface area contributed by atoms with Crippen molar-refractivity contribution in [2.45, 2.75) is 20.3 Å². The molecule has 0 bridgehead atoms. The van der Waals surface area contributed by atoms with Gasteiger partial charge in [0.25, 0.3) is 0 Å². The number of nitrogens with one attached hydrogen (secondary N) is 2. The normalized spacial score (nSPS) is 10.3. The van der Waals surface area contributed by atoms with Crippen LogP contribution in [0.15, 0.2) is 24.5 Å². The minimum absolute atomic E-state index is 0.208. The fourth-order valence-electron chi connectivity index (χ4n) is 1.93. The van der Waals surface area contributed by atoms with Gasteiger partial charge >= 0.3 is 0 Å². The van der Waals surface area contributed by atoms with Gasteiger partial charge < -0.3 is 10.6 Å². The zero-order valence-corrected chi connectivity index (χ0v) is 11.3. The predicted octanol–water partition coefficient (Wildman–Crippen LogP) is 3.27. The van der Waals surface area contributed by atoms with Gasteiger partial charge in [-0.2, -0.15) is 0 Å². The summed E-state index contributed by atoms with van der Waals surface area (Å²) in [4.78, 5) is 8.43. The molecule has 2 N–H and O–H groups in total. The van der Waals surface area contributed by atoms with Crippen LogP contribution in [-0.2, 0) is 6.42 Å². The van der Waals surface area contributed by atoms with Crippen molar-refractivity contribution in [3.05, 3.63) is 41.5 Å². The molecule has 2 rings (SSSR count). The van der Waals surface area contributed by atoms with Crippen LogP contribution in [0, 0.1) is 12.7 Å². The quantitative estimate of drug-likeness (QED) is 0.885. The van der Waals surface area contributed by atoms with Crippen LogP contribution < -0.4 is 10.6 Å². The molecular weight excluding hydrogens is 243 g/mol. The maximum atomic E-state index is 13.2. The van der Waals surface area contributed by atoms with Crippen LogP contribution in [-0.4, -0.2) is 17.0 Å². The van der Waals surface area contributed by atoms with Crippen LogP contribution in [0.4, 0.5) is 21.7 Å². The summed E-state index contributed by atoms with van der Waals surface area (Å²) in [6.45, 7) is 3.78. The third kappa shape index (κ3) is 2.81. The second-order valence-electron chi connectivity index (χ2n) is 4.24. The van der Waals surface area contributed by atoms with Crippen molar-refractivity contribution in [2.24, 2.45) is 0 Å². The summed E-state index contributed by atoms with van der Waals surface area (Å²) in [6.07, 6.45) is 2.31. The molecule has 0 aliphatic heterocycles. The average Bonchev–Trinajstić information content (AvgIpc) is 2.42. The lowest BCUT2D eigenvalue weighted by atomic mass is 10.2. The van der Waals surface area contributed by atoms with E-state index in [0.29, 0.717) is 5.56 Å². The second-order valence-corrected chi connectivity index (χ2v) is 4.24. The summed E-state index contributed by atoms with van der Waals surface area (Å²) in [7, 11) is 1.83. The van der Waals surface area contributed by atoms with Gasteiger partial charge in [-0.15, -0.1) is 0 Å². The van der Waals surface area contributed by atoms with Gasteiger partial charge in [0.1, 0.15) is 23.8 Å². The number of hydrogen-bond acceptors (Lipinski definition) is 4. The molecule has 0 amide bonds. The lowest BCUT2D eigenvalue weighted by Gasteiger charge is -2.13. The van der Waals surface area contributed by atoms with Crippen LogP contribution in [0.25, 0.3) is 0 Å². The maximum Gasteiger partial charge on any atom is 0.139 e. The van der Waals surface area contributed by atoms with E-state index in [2.05, 4.69) is 20.6 Å². The van der Waals surface area contributed by atoms with Gasteiger partial charge in [0.05, 0.1) is 0 Å². The molecule has 2 aromatic rings. The molecule has 100 valence electrons. The lowest BCUT2D eigenvalue weighted by molar-refractivity contribution is 0.619. The van der Waals surface area contributed by atoms with E-state index in [1.165, 1.54) is 12.4 Å². The highest BCUT2D eigenvalue weighted by Crippen LogP contribution is 2.24. The van der Waals surface area contributed by atoms with Gasteiger partial charge in [0.15, 0.2) is 0 Å². The van der Waals surface area contributed by atoms with Crippen molar-refractivity contribution in [3.63, 3.8) is 0 Å². The molecule has 0 saturated carbocycles. The van der Waals surface area contributed by atoms with Gasteiger partial charge in [-0.3, -0.25) is 0 Å². The first-order valence-corrected chi connectivity index (χ1v) is 6.20. The van der Waals surface area contributed by atoms with Crippen molar-refractivity contribution in [1.82, 2.24) is 9.97 Å².